The fourth-order valence-corrected chi connectivity index (χ4v) is 2.60. The first-order valence-electron chi connectivity index (χ1n) is 8.14. The van der Waals surface area contributed by atoms with Gasteiger partial charge in [0.25, 0.3) is 0 Å². The van der Waals surface area contributed by atoms with E-state index in [1.54, 1.807) is 11.0 Å². The number of likely N-dealkylation sites (tertiary alicyclic amines) is 1. The number of hydrogen-bond acceptors (Lipinski definition) is 4. The number of anilines is 2. The maximum atomic E-state index is 12.1. The predicted molar refractivity (Wildman–Crippen MR) is 94.1 cm³/mol. The quantitative estimate of drug-likeness (QED) is 0.791. The molecule has 7 heteroatoms. The Morgan fingerprint density at radius 2 is 1.83 bits per heavy atom. The monoisotopic (exact) mass is 334 g/mol. The molecular weight excluding hydrogens is 308 g/mol. The van der Waals surface area contributed by atoms with Crippen molar-refractivity contribution in [1.29, 1.82) is 0 Å². The summed E-state index contributed by atoms with van der Waals surface area (Å²) in [5, 5.41) is 5.99. The molecule has 1 aliphatic heterocycles. The maximum absolute atomic E-state index is 12.1. The van der Waals surface area contributed by atoms with Crippen molar-refractivity contribution >= 4 is 23.5 Å². The molecule has 7 nitrogen and oxygen atoms in total. The van der Waals surface area contributed by atoms with E-state index in [9.17, 15) is 9.59 Å². The lowest BCUT2D eigenvalue weighted by molar-refractivity contribution is 0.0210. The van der Waals surface area contributed by atoms with Crippen LogP contribution in [-0.2, 0) is 4.74 Å². The van der Waals surface area contributed by atoms with Crippen molar-refractivity contribution in [1.82, 2.24) is 4.90 Å². The third-order valence-corrected chi connectivity index (χ3v) is 3.65. The normalized spacial score (nSPS) is 15.7. The molecule has 1 aliphatic rings. The fourth-order valence-electron chi connectivity index (χ4n) is 2.60. The van der Waals surface area contributed by atoms with Crippen LogP contribution in [0.1, 0.15) is 33.6 Å². The van der Waals surface area contributed by atoms with Gasteiger partial charge < -0.3 is 26.0 Å². The maximum Gasteiger partial charge on any atom is 0.410 e. The van der Waals surface area contributed by atoms with Gasteiger partial charge in [-0.05, 0) is 51.8 Å². The molecule has 1 aromatic carbocycles. The number of amides is 3. The number of piperidine rings is 1. The van der Waals surface area contributed by atoms with Crippen molar-refractivity contribution in [2.75, 3.05) is 23.7 Å². The van der Waals surface area contributed by atoms with Crippen LogP contribution in [0.25, 0.3) is 0 Å². The number of urea groups is 1. The molecule has 0 spiro atoms. The topological polar surface area (TPSA) is 96.7 Å². The molecule has 132 valence electrons. The average molecular weight is 334 g/mol. The second-order valence-corrected chi connectivity index (χ2v) is 6.96. The van der Waals surface area contributed by atoms with E-state index in [-0.39, 0.29) is 12.1 Å². The zero-order valence-corrected chi connectivity index (χ0v) is 14.5. The summed E-state index contributed by atoms with van der Waals surface area (Å²) < 4.78 is 5.40. The first kappa shape index (κ1) is 17.9. The first-order chi connectivity index (χ1) is 11.2. The first-order valence-corrected chi connectivity index (χ1v) is 8.14. The number of hydrogen-bond donors (Lipinski definition) is 3. The average Bonchev–Trinajstić information content (AvgIpc) is 2.46. The van der Waals surface area contributed by atoms with Gasteiger partial charge in [0, 0.05) is 30.5 Å². The summed E-state index contributed by atoms with van der Waals surface area (Å²) in [5.41, 5.74) is 6.22. The zero-order chi connectivity index (χ0) is 17.7. The van der Waals surface area contributed by atoms with Gasteiger partial charge in [-0.3, -0.25) is 0 Å². The highest BCUT2D eigenvalue weighted by Gasteiger charge is 2.26. The second-order valence-electron chi connectivity index (χ2n) is 6.96. The largest absolute Gasteiger partial charge is 0.444 e. The lowest BCUT2D eigenvalue weighted by Gasteiger charge is -2.34. The SMILES string of the molecule is CC(C)(C)OC(=O)N1CCC(Nc2cccc(NC(N)=O)c2)CC1. The van der Waals surface area contributed by atoms with E-state index in [4.69, 9.17) is 10.5 Å². The lowest BCUT2D eigenvalue weighted by Crippen LogP contribution is -2.44. The van der Waals surface area contributed by atoms with Gasteiger partial charge in [-0.1, -0.05) is 6.07 Å². The van der Waals surface area contributed by atoms with Crippen molar-refractivity contribution in [3.05, 3.63) is 24.3 Å². The van der Waals surface area contributed by atoms with E-state index in [1.807, 2.05) is 39.0 Å². The minimum Gasteiger partial charge on any atom is -0.444 e. The Bertz CT molecular complexity index is 590. The molecule has 1 fully saturated rings. The minimum absolute atomic E-state index is 0.256. The van der Waals surface area contributed by atoms with Crippen LogP contribution in [0.3, 0.4) is 0 Å². The van der Waals surface area contributed by atoms with Gasteiger partial charge in [-0.25, -0.2) is 9.59 Å². The number of primary amides is 1. The third-order valence-electron chi connectivity index (χ3n) is 3.65. The smallest absolute Gasteiger partial charge is 0.410 e. The van der Waals surface area contributed by atoms with Crippen LogP contribution in [0, 0.1) is 0 Å². The summed E-state index contributed by atoms with van der Waals surface area (Å²) in [5.74, 6) is 0. The molecule has 0 bridgehead atoms. The molecule has 0 saturated carbocycles. The summed E-state index contributed by atoms with van der Waals surface area (Å²) in [6.07, 6.45) is 1.42. The molecule has 0 unspecified atom stereocenters. The van der Waals surface area contributed by atoms with Crippen molar-refractivity contribution in [3.63, 3.8) is 0 Å². The van der Waals surface area contributed by atoms with Crippen LogP contribution in [0.4, 0.5) is 21.0 Å². The zero-order valence-electron chi connectivity index (χ0n) is 14.5. The second kappa shape index (κ2) is 7.42. The highest BCUT2D eigenvalue weighted by atomic mass is 16.6. The van der Waals surface area contributed by atoms with E-state index in [2.05, 4.69) is 10.6 Å². The molecule has 1 aromatic rings. The van der Waals surface area contributed by atoms with Gasteiger partial charge in [0.05, 0.1) is 0 Å². The van der Waals surface area contributed by atoms with Crippen LogP contribution in [-0.4, -0.2) is 41.8 Å². The molecule has 1 heterocycles. The molecule has 0 aromatic heterocycles. The van der Waals surface area contributed by atoms with E-state index in [0.29, 0.717) is 18.8 Å². The van der Waals surface area contributed by atoms with Crippen LogP contribution < -0.4 is 16.4 Å². The fraction of sp³-hybridized carbons (Fsp3) is 0.529. The van der Waals surface area contributed by atoms with E-state index >= 15 is 0 Å². The summed E-state index contributed by atoms with van der Waals surface area (Å²) in [7, 11) is 0. The number of nitrogens with two attached hydrogens (primary N) is 1. The Morgan fingerprint density at radius 3 is 2.42 bits per heavy atom. The van der Waals surface area contributed by atoms with Gasteiger partial charge in [0.15, 0.2) is 0 Å². The van der Waals surface area contributed by atoms with Gasteiger partial charge in [0.2, 0.25) is 0 Å². The van der Waals surface area contributed by atoms with Crippen molar-refractivity contribution in [2.24, 2.45) is 5.73 Å². The van der Waals surface area contributed by atoms with E-state index < -0.39 is 11.6 Å². The number of nitrogens with one attached hydrogen (secondary N) is 2. The Labute approximate surface area is 142 Å². The molecular formula is C17H26N4O3. The minimum atomic E-state index is -0.585. The van der Waals surface area contributed by atoms with Crippen LogP contribution in [0.2, 0.25) is 0 Å². The molecule has 24 heavy (non-hydrogen) atoms. The molecule has 1 saturated heterocycles. The van der Waals surface area contributed by atoms with Crippen LogP contribution in [0.15, 0.2) is 24.3 Å². The van der Waals surface area contributed by atoms with Gasteiger partial charge in [-0.2, -0.15) is 0 Å². The van der Waals surface area contributed by atoms with Crippen molar-refractivity contribution < 1.29 is 14.3 Å². The summed E-state index contributed by atoms with van der Waals surface area (Å²) in [4.78, 5) is 24.7. The Hall–Kier alpha value is -2.44. The Kier molecular flexibility index (Phi) is 5.54. The van der Waals surface area contributed by atoms with Crippen LogP contribution in [0.5, 0.6) is 0 Å². The number of ether oxygens (including phenoxy) is 1. The Balaban J connectivity index is 1.85. The number of nitrogens with zero attached hydrogens (tertiary/aromatic N) is 1. The highest BCUT2D eigenvalue weighted by Crippen LogP contribution is 2.21. The van der Waals surface area contributed by atoms with Crippen molar-refractivity contribution in [2.45, 2.75) is 45.3 Å². The number of carbonyl (C=O) groups excluding carboxylic acids is 2. The van der Waals surface area contributed by atoms with Gasteiger partial charge in [0.1, 0.15) is 5.60 Å². The highest BCUT2D eigenvalue weighted by molar-refractivity contribution is 5.88. The number of carbonyl (C=O) groups is 2. The molecule has 4 N–H and O–H groups in total. The van der Waals surface area contributed by atoms with Crippen molar-refractivity contribution in [3.8, 4) is 0 Å². The third kappa shape index (κ3) is 5.64. The summed E-state index contributed by atoms with van der Waals surface area (Å²) in [6, 6.07) is 7.09. The lowest BCUT2D eigenvalue weighted by atomic mass is 10.0. The Morgan fingerprint density at radius 1 is 1.21 bits per heavy atom. The van der Waals surface area contributed by atoms with Gasteiger partial charge in [-0.15, -0.1) is 0 Å². The van der Waals surface area contributed by atoms with E-state index in [0.717, 1.165) is 18.5 Å². The molecule has 0 radical (unpaired) electrons. The summed E-state index contributed by atoms with van der Waals surface area (Å²) >= 11 is 0. The molecule has 3 amide bonds. The standard InChI is InChI=1S/C17H26N4O3/c1-17(2,3)24-16(23)21-9-7-12(8-10-21)19-13-5-4-6-14(11-13)20-15(18)22/h4-6,11-12,19H,7-10H2,1-3H3,(H3,18,20,22). The molecule has 0 atom stereocenters. The summed E-state index contributed by atoms with van der Waals surface area (Å²) in [6.45, 7) is 6.92. The van der Waals surface area contributed by atoms with E-state index in [1.165, 1.54) is 0 Å². The molecule has 2 rings (SSSR count). The van der Waals surface area contributed by atoms with Gasteiger partial charge >= 0.3 is 12.1 Å². The molecule has 0 aliphatic carbocycles. The van der Waals surface area contributed by atoms with Crippen LogP contribution >= 0.6 is 0 Å². The predicted octanol–water partition coefficient (Wildman–Crippen LogP) is 2.99. The number of benzene rings is 1. The number of rotatable bonds is 3.